The van der Waals surface area contributed by atoms with Gasteiger partial charge in [-0.1, -0.05) is 12.6 Å². The Bertz CT molecular complexity index is 1060. The monoisotopic (exact) mass is 324 g/mol. The molecule has 1 aliphatic rings. The molecule has 0 bridgehead atoms. The zero-order chi connectivity index (χ0) is 17.1. The van der Waals surface area contributed by atoms with Gasteiger partial charge in [-0.05, 0) is 25.1 Å². The van der Waals surface area contributed by atoms with Crippen LogP contribution in [-0.4, -0.2) is 17.8 Å². The molecule has 2 heterocycles. The van der Waals surface area contributed by atoms with Crippen LogP contribution in [0.1, 0.15) is 12.5 Å². The molecule has 4 rings (SSSR count). The summed E-state index contributed by atoms with van der Waals surface area (Å²) in [5.74, 6) is 0.810. The fourth-order valence-electron chi connectivity index (χ4n) is 3.20. The number of hydrogen-bond donors (Lipinski definition) is 1. The molecule has 5 nitrogen and oxygen atoms in total. The Morgan fingerprint density at radius 1 is 1.38 bits per heavy atom. The van der Waals surface area contributed by atoms with Crippen LogP contribution >= 0.6 is 0 Å². The van der Waals surface area contributed by atoms with Gasteiger partial charge in [-0.2, -0.15) is 0 Å². The summed E-state index contributed by atoms with van der Waals surface area (Å²) in [5, 5.41) is 10.9. The van der Waals surface area contributed by atoms with Gasteiger partial charge in [0.2, 0.25) is 5.43 Å². The fourth-order valence-corrected chi connectivity index (χ4v) is 3.20. The zero-order valence-corrected chi connectivity index (χ0v) is 13.4. The van der Waals surface area contributed by atoms with E-state index in [9.17, 15) is 9.90 Å². The van der Waals surface area contributed by atoms with Crippen LogP contribution < -0.4 is 14.9 Å². The number of methoxy groups -OCH3 is 1. The molecule has 2 aromatic carbocycles. The smallest absolute Gasteiger partial charge is 0.204 e. The quantitative estimate of drug-likeness (QED) is 0.577. The van der Waals surface area contributed by atoms with Gasteiger partial charge in [-0.15, -0.1) is 0 Å². The predicted octanol–water partition coefficient (Wildman–Crippen LogP) is 3.54. The summed E-state index contributed by atoms with van der Waals surface area (Å²) in [4.78, 5) is 12.9. The fraction of sp³-hybridized carbons (Fsp3) is 0.211. The summed E-state index contributed by atoms with van der Waals surface area (Å²) in [6, 6.07) is 6.56. The molecule has 1 N–H and O–H groups in total. The van der Waals surface area contributed by atoms with Gasteiger partial charge in [0.15, 0.2) is 11.3 Å². The largest absolute Gasteiger partial charge is 0.507 e. The van der Waals surface area contributed by atoms with Crippen molar-refractivity contribution in [1.29, 1.82) is 0 Å². The highest BCUT2D eigenvalue weighted by Crippen LogP contribution is 2.44. The van der Waals surface area contributed by atoms with E-state index in [0.717, 1.165) is 5.56 Å². The van der Waals surface area contributed by atoms with Crippen LogP contribution in [0.3, 0.4) is 0 Å². The van der Waals surface area contributed by atoms with Crippen molar-refractivity contribution < 1.29 is 19.0 Å². The van der Waals surface area contributed by atoms with Crippen molar-refractivity contribution in [3.63, 3.8) is 0 Å². The normalized spacial score (nSPS) is 19.2. The molecule has 0 saturated carbocycles. The lowest BCUT2D eigenvalue weighted by Crippen LogP contribution is -2.26. The second-order valence-electron chi connectivity index (χ2n) is 6.14. The number of rotatable bonds is 2. The molecule has 0 radical (unpaired) electrons. The Labute approximate surface area is 137 Å². The van der Waals surface area contributed by atoms with Gasteiger partial charge in [-0.25, -0.2) is 0 Å². The topological polar surface area (TPSA) is 68.9 Å². The van der Waals surface area contributed by atoms with Gasteiger partial charge in [0.25, 0.3) is 0 Å². The zero-order valence-electron chi connectivity index (χ0n) is 13.4. The molecule has 24 heavy (non-hydrogen) atoms. The lowest BCUT2D eigenvalue weighted by molar-refractivity contribution is 0.171. The average Bonchev–Trinajstić information content (AvgIpc) is 2.91. The summed E-state index contributed by atoms with van der Waals surface area (Å²) >= 11 is 0. The number of benzene rings is 2. The Balaban J connectivity index is 2.17. The number of para-hydroxylation sites is 1. The van der Waals surface area contributed by atoms with Crippen molar-refractivity contribution in [3.05, 3.63) is 52.7 Å². The Morgan fingerprint density at radius 3 is 2.88 bits per heavy atom. The van der Waals surface area contributed by atoms with E-state index in [1.807, 2.05) is 6.92 Å². The van der Waals surface area contributed by atoms with Crippen molar-refractivity contribution in [2.75, 3.05) is 7.11 Å². The minimum atomic E-state index is -0.600. The first-order valence-electron chi connectivity index (χ1n) is 7.58. The number of hydrogen-bond acceptors (Lipinski definition) is 5. The van der Waals surface area contributed by atoms with Crippen molar-refractivity contribution >= 4 is 21.9 Å². The minimum absolute atomic E-state index is 0.157. The van der Waals surface area contributed by atoms with E-state index in [-0.39, 0.29) is 16.6 Å². The molecule has 0 saturated heterocycles. The molecule has 1 atom stereocenters. The first-order chi connectivity index (χ1) is 11.5. The van der Waals surface area contributed by atoms with Crippen molar-refractivity contribution in [2.24, 2.45) is 0 Å². The van der Waals surface area contributed by atoms with E-state index in [0.29, 0.717) is 34.5 Å². The highest BCUT2D eigenvalue weighted by Gasteiger charge is 2.35. The predicted molar refractivity (Wildman–Crippen MR) is 91.1 cm³/mol. The third kappa shape index (κ3) is 1.84. The first kappa shape index (κ1) is 14.6. The van der Waals surface area contributed by atoms with Crippen LogP contribution in [0.25, 0.3) is 21.9 Å². The second kappa shape index (κ2) is 4.77. The maximum absolute atomic E-state index is 12.9. The molecular formula is C19H16O5. The van der Waals surface area contributed by atoms with Gasteiger partial charge in [-0.3, -0.25) is 4.79 Å². The third-order valence-electron chi connectivity index (χ3n) is 4.50. The second-order valence-corrected chi connectivity index (χ2v) is 6.14. The van der Waals surface area contributed by atoms with E-state index in [1.165, 1.54) is 13.2 Å². The van der Waals surface area contributed by atoms with Crippen molar-refractivity contribution in [2.45, 2.75) is 18.9 Å². The lowest BCUT2D eigenvalue weighted by atomic mass is 9.97. The number of phenols is 1. The number of ether oxygens (including phenoxy) is 2. The SMILES string of the molecule is C=CC1(C)Cc2c(cc(O)c3c(=O)c4cccc(OC)c4oc23)O1. The molecule has 1 unspecified atom stereocenters. The number of phenolic OH excluding ortho intramolecular Hbond substituents is 1. The molecule has 0 fully saturated rings. The van der Waals surface area contributed by atoms with E-state index in [2.05, 4.69) is 6.58 Å². The van der Waals surface area contributed by atoms with Crippen LogP contribution in [0.2, 0.25) is 0 Å². The summed E-state index contributed by atoms with van der Waals surface area (Å²) < 4.78 is 17.2. The molecule has 5 heteroatoms. The third-order valence-corrected chi connectivity index (χ3v) is 4.50. The molecule has 0 spiro atoms. The molecule has 1 aromatic heterocycles. The minimum Gasteiger partial charge on any atom is -0.507 e. The summed E-state index contributed by atoms with van der Waals surface area (Å²) in [7, 11) is 1.52. The average molecular weight is 324 g/mol. The van der Waals surface area contributed by atoms with Gasteiger partial charge in [0.1, 0.15) is 28.1 Å². The molecule has 122 valence electrons. The van der Waals surface area contributed by atoms with E-state index in [4.69, 9.17) is 13.9 Å². The highest BCUT2D eigenvalue weighted by molar-refractivity contribution is 5.97. The van der Waals surface area contributed by atoms with Crippen LogP contribution in [0.5, 0.6) is 17.2 Å². The first-order valence-corrected chi connectivity index (χ1v) is 7.58. The maximum atomic E-state index is 12.9. The van der Waals surface area contributed by atoms with Crippen LogP contribution in [0.15, 0.2) is 46.1 Å². The van der Waals surface area contributed by atoms with E-state index < -0.39 is 5.60 Å². The van der Waals surface area contributed by atoms with Crippen molar-refractivity contribution in [3.8, 4) is 17.2 Å². The molecule has 0 amide bonds. The highest BCUT2D eigenvalue weighted by atomic mass is 16.5. The molecule has 1 aliphatic heterocycles. The molecular weight excluding hydrogens is 308 g/mol. The number of aromatic hydroxyl groups is 1. The Kier molecular flexibility index (Phi) is 2.91. The van der Waals surface area contributed by atoms with Gasteiger partial charge < -0.3 is 19.0 Å². The van der Waals surface area contributed by atoms with Gasteiger partial charge in [0.05, 0.1) is 12.5 Å². The Hall–Kier alpha value is -2.95. The standard InChI is InChI=1S/C19H16O5/c1-4-19(2)9-11-14(24-19)8-12(20)15-16(21)10-6-5-7-13(22-3)17(10)23-18(11)15/h4-8,20H,1,9H2,2-3H3. The van der Waals surface area contributed by atoms with Gasteiger partial charge >= 0.3 is 0 Å². The van der Waals surface area contributed by atoms with Crippen LogP contribution in [0.4, 0.5) is 0 Å². The van der Waals surface area contributed by atoms with E-state index in [1.54, 1.807) is 24.3 Å². The summed E-state index contributed by atoms with van der Waals surface area (Å²) in [6.45, 7) is 5.69. The lowest BCUT2D eigenvalue weighted by Gasteiger charge is -2.18. The summed E-state index contributed by atoms with van der Waals surface area (Å²) in [6.07, 6.45) is 2.21. The molecule has 0 aliphatic carbocycles. The van der Waals surface area contributed by atoms with Crippen LogP contribution in [-0.2, 0) is 6.42 Å². The van der Waals surface area contributed by atoms with Gasteiger partial charge in [0, 0.05) is 18.1 Å². The number of fused-ring (bicyclic) bond motifs is 4. The van der Waals surface area contributed by atoms with E-state index >= 15 is 0 Å². The van der Waals surface area contributed by atoms with Crippen molar-refractivity contribution in [1.82, 2.24) is 0 Å². The van der Waals surface area contributed by atoms with Crippen LogP contribution in [0, 0.1) is 0 Å². The Morgan fingerprint density at radius 2 is 2.17 bits per heavy atom. The molecule has 3 aromatic rings. The maximum Gasteiger partial charge on any atom is 0.204 e. The summed E-state index contributed by atoms with van der Waals surface area (Å²) in [5.41, 5.74) is 0.542.